The molecular weight excluding hydrogens is 707 g/mol. The van der Waals surface area contributed by atoms with Crippen molar-refractivity contribution in [2.75, 3.05) is 0 Å². The van der Waals surface area contributed by atoms with Crippen molar-refractivity contribution in [3.05, 3.63) is 204 Å². The number of hydrogen-bond acceptors (Lipinski definition) is 3. The molecule has 13 rings (SSSR count). The Bertz CT molecular complexity index is 3380. The molecule has 0 saturated carbocycles. The van der Waals surface area contributed by atoms with E-state index in [1.165, 1.54) is 77.5 Å². The second-order valence-electron chi connectivity index (χ2n) is 16.0. The van der Waals surface area contributed by atoms with Crippen molar-refractivity contribution in [2.24, 2.45) is 5.92 Å². The molecule has 0 radical (unpaired) electrons. The first-order chi connectivity index (χ1) is 28.7. The van der Waals surface area contributed by atoms with Gasteiger partial charge in [-0.2, -0.15) is 0 Å². The fourth-order valence-electron chi connectivity index (χ4n) is 11.0. The predicted octanol–water partition coefficient (Wildman–Crippen LogP) is 12.4. The summed E-state index contributed by atoms with van der Waals surface area (Å²) >= 11 is 0. The zero-order valence-electron chi connectivity index (χ0n) is 31.8. The van der Waals surface area contributed by atoms with Crippen LogP contribution in [-0.4, -0.2) is 24.1 Å². The van der Waals surface area contributed by atoms with Crippen LogP contribution in [0.1, 0.15) is 35.6 Å². The molecule has 1 spiro atoms. The van der Waals surface area contributed by atoms with Gasteiger partial charge in [-0.1, -0.05) is 91.9 Å². The minimum atomic E-state index is -0.425. The average molecular weight is 742 g/mol. The Balaban J connectivity index is 0.980. The zero-order chi connectivity index (χ0) is 38.1. The maximum atomic E-state index is 4.81. The monoisotopic (exact) mass is 741 g/mol. The van der Waals surface area contributed by atoms with E-state index in [1.54, 1.807) is 0 Å². The molecule has 0 fully saturated rings. The van der Waals surface area contributed by atoms with Gasteiger partial charge in [0.05, 0.1) is 39.2 Å². The number of allylic oxidation sites excluding steroid dienone is 4. The van der Waals surface area contributed by atoms with Gasteiger partial charge in [0.25, 0.3) is 0 Å². The summed E-state index contributed by atoms with van der Waals surface area (Å²) in [5.41, 5.74) is 20.6. The van der Waals surface area contributed by atoms with Gasteiger partial charge in [0.1, 0.15) is 0 Å². The maximum absolute atomic E-state index is 4.81. The largest absolute Gasteiger partial charge is 0.309 e. The third-order valence-electron chi connectivity index (χ3n) is 13.2. The summed E-state index contributed by atoms with van der Waals surface area (Å²) in [6.45, 7) is 2.42. The molecule has 58 heavy (non-hydrogen) atoms. The number of benzene rings is 5. The van der Waals surface area contributed by atoms with Crippen LogP contribution in [-0.2, 0) is 5.41 Å². The lowest BCUT2D eigenvalue weighted by molar-refractivity contribution is 0.592. The molecule has 3 aliphatic carbocycles. The molecular formula is C53H35N5. The smallest absolute Gasteiger partial charge is 0.0964 e. The number of aromatic nitrogens is 5. The quantitative estimate of drug-likeness (QED) is 0.181. The van der Waals surface area contributed by atoms with Gasteiger partial charge in [0.15, 0.2) is 0 Å². The molecule has 10 aromatic rings. The molecule has 2 unspecified atom stereocenters. The Labute approximate surface area is 334 Å². The van der Waals surface area contributed by atoms with Gasteiger partial charge in [0.2, 0.25) is 0 Å². The van der Waals surface area contributed by atoms with Crippen molar-refractivity contribution in [1.29, 1.82) is 0 Å². The Hall–Kier alpha value is -7.37. The molecule has 0 N–H and O–H groups in total. The molecule has 5 nitrogen and oxygen atoms in total. The van der Waals surface area contributed by atoms with Crippen molar-refractivity contribution < 1.29 is 0 Å². The number of fused-ring (bicyclic) bond motifs is 16. The van der Waals surface area contributed by atoms with Crippen LogP contribution in [0.25, 0.3) is 82.9 Å². The summed E-state index contributed by atoms with van der Waals surface area (Å²) in [5, 5.41) is 3.70. The van der Waals surface area contributed by atoms with E-state index in [9.17, 15) is 0 Å². The summed E-state index contributed by atoms with van der Waals surface area (Å²) in [7, 11) is 0. The summed E-state index contributed by atoms with van der Waals surface area (Å²) in [5.74, 6) is 0.382. The highest BCUT2D eigenvalue weighted by atomic mass is 15.0. The topological polar surface area (TPSA) is 48.5 Å². The normalized spacial score (nSPS) is 17.8. The third-order valence-corrected chi connectivity index (χ3v) is 13.2. The molecule has 272 valence electrons. The number of hydrogen-bond donors (Lipinski definition) is 0. The Morgan fingerprint density at radius 2 is 1.28 bits per heavy atom. The SMILES string of the molecule is CC1CC=CC2=C1C1(c3ccccc32)c2cnccc2-c2ccc3c(c21)c1ccccc1n3-c1ccc(-c2ccc(-n3c4cnccc4c4ncccc43)cc2)cc1. The minimum absolute atomic E-state index is 0.382. The first-order valence-electron chi connectivity index (χ1n) is 20.1. The number of nitrogens with zero attached hydrogens (tertiary/aromatic N) is 5. The lowest BCUT2D eigenvalue weighted by atomic mass is 9.65. The van der Waals surface area contributed by atoms with Crippen LogP contribution >= 0.6 is 0 Å². The molecule has 5 aromatic carbocycles. The van der Waals surface area contributed by atoms with Crippen LogP contribution in [0.2, 0.25) is 0 Å². The second-order valence-corrected chi connectivity index (χ2v) is 16.0. The third kappa shape index (κ3) is 3.97. The highest BCUT2D eigenvalue weighted by Crippen LogP contribution is 2.66. The summed E-state index contributed by atoms with van der Waals surface area (Å²) in [4.78, 5) is 14.0. The number of para-hydroxylation sites is 1. The Kier molecular flexibility index (Phi) is 6.35. The maximum Gasteiger partial charge on any atom is 0.0964 e. The molecule has 2 atom stereocenters. The predicted molar refractivity (Wildman–Crippen MR) is 236 cm³/mol. The summed E-state index contributed by atoms with van der Waals surface area (Å²) in [6.07, 6.45) is 15.5. The van der Waals surface area contributed by atoms with Crippen LogP contribution in [0.3, 0.4) is 0 Å². The van der Waals surface area contributed by atoms with E-state index < -0.39 is 5.41 Å². The van der Waals surface area contributed by atoms with Gasteiger partial charge in [-0.15, -0.1) is 0 Å². The number of pyridine rings is 3. The molecule has 0 saturated heterocycles. The van der Waals surface area contributed by atoms with Gasteiger partial charge in [-0.05, 0) is 129 Å². The van der Waals surface area contributed by atoms with Gasteiger partial charge in [0, 0.05) is 52.3 Å². The van der Waals surface area contributed by atoms with Gasteiger partial charge >= 0.3 is 0 Å². The van der Waals surface area contributed by atoms with Crippen LogP contribution in [0, 0.1) is 5.92 Å². The van der Waals surface area contributed by atoms with E-state index in [4.69, 9.17) is 9.97 Å². The first-order valence-corrected chi connectivity index (χ1v) is 20.1. The zero-order valence-corrected chi connectivity index (χ0v) is 31.8. The second kappa shape index (κ2) is 11.6. The van der Waals surface area contributed by atoms with Crippen molar-refractivity contribution in [2.45, 2.75) is 18.8 Å². The standard InChI is InChI=1S/C53H35N5/c1-32-8-6-11-39-37-9-2-4-12-43(37)53(50(32)39)44-30-54-28-25-38(44)40-23-24-46-49(51(40)53)41-10-3-5-13-45(41)57(46)35-19-15-33(16-20-35)34-17-21-36(22-18-34)58-47-14-7-27-56-52(47)42-26-29-55-31-48(42)58/h2-7,9-32H,8H2,1H3. The van der Waals surface area contributed by atoms with Crippen molar-refractivity contribution in [1.82, 2.24) is 24.1 Å². The van der Waals surface area contributed by atoms with E-state index >= 15 is 0 Å². The van der Waals surface area contributed by atoms with Crippen LogP contribution in [0.15, 0.2) is 182 Å². The highest BCUT2D eigenvalue weighted by Gasteiger charge is 2.55. The lowest BCUT2D eigenvalue weighted by Crippen LogP contribution is -2.31. The van der Waals surface area contributed by atoms with Crippen molar-refractivity contribution in [3.8, 4) is 33.6 Å². The molecule has 0 aliphatic heterocycles. The fourth-order valence-corrected chi connectivity index (χ4v) is 11.0. The minimum Gasteiger partial charge on any atom is -0.309 e. The first kappa shape index (κ1) is 31.8. The van der Waals surface area contributed by atoms with E-state index in [2.05, 4.69) is 161 Å². The van der Waals surface area contributed by atoms with Gasteiger partial charge in [-0.3, -0.25) is 15.0 Å². The summed E-state index contributed by atoms with van der Waals surface area (Å²) in [6, 6.07) is 49.1. The molecule has 5 heteroatoms. The van der Waals surface area contributed by atoms with E-state index in [0.717, 1.165) is 39.7 Å². The van der Waals surface area contributed by atoms with E-state index in [-0.39, 0.29) is 0 Å². The molecule has 5 heterocycles. The molecule has 5 aromatic heterocycles. The molecule has 0 amide bonds. The van der Waals surface area contributed by atoms with Crippen LogP contribution in [0.4, 0.5) is 0 Å². The van der Waals surface area contributed by atoms with Crippen LogP contribution < -0.4 is 0 Å². The summed E-state index contributed by atoms with van der Waals surface area (Å²) < 4.78 is 4.72. The Morgan fingerprint density at radius 3 is 2.12 bits per heavy atom. The van der Waals surface area contributed by atoms with Crippen LogP contribution in [0.5, 0.6) is 0 Å². The lowest BCUT2D eigenvalue weighted by Gasteiger charge is -2.36. The van der Waals surface area contributed by atoms with Gasteiger partial charge in [-0.25, -0.2) is 0 Å². The molecule has 0 bridgehead atoms. The average Bonchev–Trinajstić information content (AvgIpc) is 3.99. The van der Waals surface area contributed by atoms with Crippen molar-refractivity contribution >= 4 is 49.3 Å². The Morgan fingerprint density at radius 1 is 0.552 bits per heavy atom. The highest BCUT2D eigenvalue weighted by molar-refractivity contribution is 6.16. The van der Waals surface area contributed by atoms with Crippen molar-refractivity contribution in [3.63, 3.8) is 0 Å². The van der Waals surface area contributed by atoms with E-state index in [1.807, 2.05) is 36.9 Å². The molecule has 3 aliphatic rings. The number of rotatable bonds is 3. The fraction of sp³-hybridized carbons (Fsp3) is 0.0755. The van der Waals surface area contributed by atoms with E-state index in [0.29, 0.717) is 5.92 Å². The van der Waals surface area contributed by atoms with Gasteiger partial charge < -0.3 is 9.13 Å².